The number of nitrogens with zero attached hydrogens (tertiary/aromatic N) is 1. The quantitative estimate of drug-likeness (QED) is 0.821. The fourth-order valence-electron chi connectivity index (χ4n) is 1.77. The Hall–Kier alpha value is -1.25. The molecule has 0 aromatic carbocycles. The monoisotopic (exact) mass is 206 g/mol. The molecule has 2 rings (SSSR count). The molecule has 2 atom stereocenters. The van der Waals surface area contributed by atoms with Crippen molar-refractivity contribution in [2.24, 2.45) is 11.8 Å². The highest BCUT2D eigenvalue weighted by molar-refractivity contribution is 5.56. The minimum atomic E-state index is 0.828. The maximum Gasteiger partial charge on any atom is 0.160 e. The number of hydrogen-bond acceptors (Lipinski definition) is 3. The summed E-state index contributed by atoms with van der Waals surface area (Å²) in [7, 11) is 1.68. The largest absolute Gasteiger partial charge is 0.493 e. The van der Waals surface area contributed by atoms with Crippen LogP contribution in [0.3, 0.4) is 0 Å². The summed E-state index contributed by atoms with van der Waals surface area (Å²) in [5.74, 6) is 2.54. The zero-order valence-corrected chi connectivity index (χ0v) is 9.58. The molecule has 0 saturated heterocycles. The van der Waals surface area contributed by atoms with Crippen molar-refractivity contribution in [1.29, 1.82) is 0 Å². The fraction of sp³-hybridized carbons (Fsp3) is 0.583. The Morgan fingerprint density at radius 2 is 2.33 bits per heavy atom. The van der Waals surface area contributed by atoms with Gasteiger partial charge < -0.3 is 10.1 Å². The fourth-order valence-corrected chi connectivity index (χ4v) is 1.77. The molecule has 0 bridgehead atoms. The molecule has 1 aliphatic carbocycles. The van der Waals surface area contributed by atoms with E-state index in [-0.39, 0.29) is 0 Å². The standard InChI is InChI=1S/C12H18N2O/c1-8-4-10(8)6-14-11-5-9(2)13-7-12(11)15-3/h5,7-8,10H,4,6H2,1-3H3,(H,13,14). The molecular weight excluding hydrogens is 188 g/mol. The Morgan fingerprint density at radius 3 is 2.93 bits per heavy atom. The Morgan fingerprint density at radius 1 is 1.60 bits per heavy atom. The molecule has 2 unspecified atom stereocenters. The van der Waals surface area contributed by atoms with Crippen LogP contribution in [0, 0.1) is 18.8 Å². The van der Waals surface area contributed by atoms with Gasteiger partial charge in [0.25, 0.3) is 0 Å². The van der Waals surface area contributed by atoms with Gasteiger partial charge in [-0.3, -0.25) is 4.98 Å². The maximum atomic E-state index is 5.25. The van der Waals surface area contributed by atoms with Crippen LogP contribution in [0.4, 0.5) is 5.69 Å². The molecule has 15 heavy (non-hydrogen) atoms. The number of aryl methyl sites for hydroxylation is 1. The molecule has 0 spiro atoms. The number of pyridine rings is 1. The van der Waals surface area contributed by atoms with Crippen LogP contribution in [-0.2, 0) is 0 Å². The van der Waals surface area contributed by atoms with Crippen molar-refractivity contribution in [3.8, 4) is 5.75 Å². The molecule has 3 heteroatoms. The number of aromatic nitrogens is 1. The Kier molecular flexibility index (Phi) is 2.80. The molecule has 1 aliphatic rings. The minimum absolute atomic E-state index is 0.828. The van der Waals surface area contributed by atoms with Gasteiger partial charge in [0.05, 0.1) is 19.0 Å². The van der Waals surface area contributed by atoms with Gasteiger partial charge in [0, 0.05) is 12.2 Å². The number of methoxy groups -OCH3 is 1. The average Bonchev–Trinajstić information content (AvgIpc) is 2.92. The predicted molar refractivity (Wildman–Crippen MR) is 61.3 cm³/mol. The molecule has 82 valence electrons. The number of hydrogen-bond donors (Lipinski definition) is 1. The molecule has 1 heterocycles. The smallest absolute Gasteiger partial charge is 0.160 e. The summed E-state index contributed by atoms with van der Waals surface area (Å²) >= 11 is 0. The van der Waals surface area contributed by atoms with Crippen molar-refractivity contribution >= 4 is 5.69 Å². The Bertz CT molecular complexity index is 351. The Labute approximate surface area is 90.9 Å². The van der Waals surface area contributed by atoms with E-state index in [0.29, 0.717) is 0 Å². The maximum absolute atomic E-state index is 5.25. The molecule has 1 fully saturated rings. The lowest BCUT2D eigenvalue weighted by molar-refractivity contribution is 0.414. The van der Waals surface area contributed by atoms with E-state index >= 15 is 0 Å². The van der Waals surface area contributed by atoms with Crippen LogP contribution in [0.5, 0.6) is 5.75 Å². The van der Waals surface area contributed by atoms with Gasteiger partial charge in [0.1, 0.15) is 0 Å². The van der Waals surface area contributed by atoms with Crippen LogP contribution in [0.25, 0.3) is 0 Å². The lowest BCUT2D eigenvalue weighted by Gasteiger charge is -2.10. The zero-order valence-electron chi connectivity index (χ0n) is 9.58. The van der Waals surface area contributed by atoms with E-state index in [4.69, 9.17) is 4.74 Å². The van der Waals surface area contributed by atoms with Crippen molar-refractivity contribution < 1.29 is 4.74 Å². The lowest BCUT2D eigenvalue weighted by atomic mass is 10.3. The second kappa shape index (κ2) is 4.09. The molecule has 3 nitrogen and oxygen atoms in total. The first-order valence-corrected chi connectivity index (χ1v) is 5.45. The highest BCUT2D eigenvalue weighted by atomic mass is 16.5. The number of ether oxygens (including phenoxy) is 1. The first kappa shape index (κ1) is 10.3. The molecule has 0 radical (unpaired) electrons. The van der Waals surface area contributed by atoms with Crippen molar-refractivity contribution in [3.05, 3.63) is 18.0 Å². The van der Waals surface area contributed by atoms with E-state index in [1.807, 2.05) is 13.0 Å². The summed E-state index contributed by atoms with van der Waals surface area (Å²) in [6, 6.07) is 2.03. The van der Waals surface area contributed by atoms with Gasteiger partial charge in [-0.15, -0.1) is 0 Å². The molecule has 1 saturated carbocycles. The van der Waals surface area contributed by atoms with Crippen molar-refractivity contribution in [3.63, 3.8) is 0 Å². The normalized spacial score (nSPS) is 23.7. The highest BCUT2D eigenvalue weighted by Gasteiger charge is 2.32. The second-order valence-corrected chi connectivity index (χ2v) is 4.38. The van der Waals surface area contributed by atoms with Crippen LogP contribution in [0.2, 0.25) is 0 Å². The van der Waals surface area contributed by atoms with E-state index < -0.39 is 0 Å². The van der Waals surface area contributed by atoms with Crippen LogP contribution < -0.4 is 10.1 Å². The van der Waals surface area contributed by atoms with E-state index in [0.717, 1.165) is 35.5 Å². The third-order valence-electron chi connectivity index (χ3n) is 3.05. The van der Waals surface area contributed by atoms with E-state index in [1.165, 1.54) is 6.42 Å². The first-order valence-electron chi connectivity index (χ1n) is 5.45. The molecular formula is C12H18N2O. The topological polar surface area (TPSA) is 34.1 Å². The molecule has 1 aromatic heterocycles. The van der Waals surface area contributed by atoms with Gasteiger partial charge in [-0.05, 0) is 31.2 Å². The van der Waals surface area contributed by atoms with E-state index in [1.54, 1.807) is 13.3 Å². The zero-order chi connectivity index (χ0) is 10.8. The van der Waals surface area contributed by atoms with E-state index in [9.17, 15) is 0 Å². The Balaban J connectivity index is 2.01. The SMILES string of the molecule is COc1cnc(C)cc1NCC1CC1C. The number of rotatable bonds is 4. The van der Waals surface area contributed by atoms with Gasteiger partial charge in [-0.25, -0.2) is 0 Å². The lowest BCUT2D eigenvalue weighted by Crippen LogP contribution is -2.06. The first-order chi connectivity index (χ1) is 7.20. The highest BCUT2D eigenvalue weighted by Crippen LogP contribution is 2.38. The van der Waals surface area contributed by atoms with Crippen LogP contribution in [0.1, 0.15) is 19.0 Å². The summed E-state index contributed by atoms with van der Waals surface area (Å²) < 4.78 is 5.25. The van der Waals surface area contributed by atoms with Crippen molar-refractivity contribution in [1.82, 2.24) is 4.98 Å². The second-order valence-electron chi connectivity index (χ2n) is 4.38. The van der Waals surface area contributed by atoms with Crippen LogP contribution in [0.15, 0.2) is 12.3 Å². The van der Waals surface area contributed by atoms with Gasteiger partial charge in [0.15, 0.2) is 5.75 Å². The summed E-state index contributed by atoms with van der Waals surface area (Å²) in [6.07, 6.45) is 3.12. The third kappa shape index (κ3) is 2.41. The third-order valence-corrected chi connectivity index (χ3v) is 3.05. The minimum Gasteiger partial charge on any atom is -0.493 e. The molecule has 1 aromatic rings. The summed E-state index contributed by atoms with van der Waals surface area (Å²) in [6.45, 7) is 5.33. The molecule has 0 aliphatic heterocycles. The van der Waals surface area contributed by atoms with Gasteiger partial charge >= 0.3 is 0 Å². The van der Waals surface area contributed by atoms with Crippen molar-refractivity contribution in [2.45, 2.75) is 20.3 Å². The van der Waals surface area contributed by atoms with E-state index in [2.05, 4.69) is 17.2 Å². The van der Waals surface area contributed by atoms with Gasteiger partial charge in [0.2, 0.25) is 0 Å². The summed E-state index contributed by atoms with van der Waals surface area (Å²) in [5, 5.41) is 3.43. The van der Waals surface area contributed by atoms with Crippen molar-refractivity contribution in [2.75, 3.05) is 19.0 Å². The van der Waals surface area contributed by atoms with Gasteiger partial charge in [-0.1, -0.05) is 6.92 Å². The molecule has 0 amide bonds. The van der Waals surface area contributed by atoms with Crippen LogP contribution in [-0.4, -0.2) is 18.6 Å². The summed E-state index contributed by atoms with van der Waals surface area (Å²) in [5.41, 5.74) is 2.08. The van der Waals surface area contributed by atoms with Gasteiger partial charge in [-0.2, -0.15) is 0 Å². The average molecular weight is 206 g/mol. The number of anilines is 1. The molecule has 1 N–H and O–H groups in total. The number of nitrogens with one attached hydrogen (secondary N) is 1. The van der Waals surface area contributed by atoms with Crippen LogP contribution >= 0.6 is 0 Å². The predicted octanol–water partition coefficient (Wildman–Crippen LogP) is 2.47. The summed E-state index contributed by atoms with van der Waals surface area (Å²) in [4.78, 5) is 4.20.